The summed E-state index contributed by atoms with van der Waals surface area (Å²) in [5, 5.41) is 0. The predicted octanol–water partition coefficient (Wildman–Crippen LogP) is 2.26. The molecule has 0 N–H and O–H groups in total. The third-order valence-corrected chi connectivity index (χ3v) is 4.78. The van der Waals surface area contributed by atoms with Crippen LogP contribution >= 0.6 is 0 Å². The van der Waals surface area contributed by atoms with E-state index in [9.17, 15) is 9.59 Å². The summed E-state index contributed by atoms with van der Waals surface area (Å²) in [5.41, 5.74) is 3.87. The minimum absolute atomic E-state index is 0.178. The SMILES string of the molecule is Cc1cc2nc3c(=O)n(Cc4ccccc4)c(=O)nc-3n(C)c2cc1C. The van der Waals surface area contributed by atoms with E-state index in [0.29, 0.717) is 11.3 Å². The highest BCUT2D eigenvalue weighted by atomic mass is 16.2. The van der Waals surface area contributed by atoms with Crippen LogP contribution < -0.4 is 11.2 Å². The molecule has 0 aromatic heterocycles. The second kappa shape index (κ2) is 5.91. The van der Waals surface area contributed by atoms with Gasteiger partial charge in [0.1, 0.15) is 0 Å². The number of hydrogen-bond donors (Lipinski definition) is 0. The van der Waals surface area contributed by atoms with Crippen molar-refractivity contribution in [2.75, 3.05) is 0 Å². The van der Waals surface area contributed by atoms with Crippen LogP contribution in [0.3, 0.4) is 0 Å². The Morgan fingerprint density at radius 2 is 1.65 bits per heavy atom. The molecule has 0 unspecified atom stereocenters. The van der Waals surface area contributed by atoms with E-state index in [1.807, 2.05) is 56.3 Å². The van der Waals surface area contributed by atoms with Crippen molar-refractivity contribution in [1.82, 2.24) is 19.1 Å². The van der Waals surface area contributed by atoms with Gasteiger partial charge in [0, 0.05) is 7.05 Å². The van der Waals surface area contributed by atoms with Crippen LogP contribution in [0.25, 0.3) is 22.6 Å². The van der Waals surface area contributed by atoms with Gasteiger partial charge in [-0.2, -0.15) is 4.98 Å². The second-order valence-electron chi connectivity index (χ2n) is 6.54. The summed E-state index contributed by atoms with van der Waals surface area (Å²) in [7, 11) is 1.80. The van der Waals surface area contributed by atoms with Gasteiger partial charge < -0.3 is 4.57 Å². The summed E-state index contributed by atoms with van der Waals surface area (Å²) in [5.74, 6) is 0.306. The van der Waals surface area contributed by atoms with Crippen LogP contribution in [0.2, 0.25) is 0 Å². The van der Waals surface area contributed by atoms with E-state index in [-0.39, 0.29) is 12.2 Å². The molecule has 2 aliphatic heterocycles. The number of benzene rings is 2. The highest BCUT2D eigenvalue weighted by Crippen LogP contribution is 2.22. The molecule has 0 saturated carbocycles. The Kier molecular flexibility index (Phi) is 3.68. The molecule has 130 valence electrons. The summed E-state index contributed by atoms with van der Waals surface area (Å²) < 4.78 is 2.90. The van der Waals surface area contributed by atoms with E-state index in [1.54, 1.807) is 11.6 Å². The zero-order valence-electron chi connectivity index (χ0n) is 14.9. The first-order valence-corrected chi connectivity index (χ1v) is 8.38. The zero-order valence-corrected chi connectivity index (χ0v) is 14.9. The molecule has 0 spiro atoms. The van der Waals surface area contributed by atoms with Crippen molar-refractivity contribution >= 4 is 11.0 Å². The van der Waals surface area contributed by atoms with Crippen molar-refractivity contribution in [1.29, 1.82) is 0 Å². The van der Waals surface area contributed by atoms with E-state index in [1.165, 1.54) is 0 Å². The maximum Gasteiger partial charge on any atom is 0.352 e. The Balaban J connectivity index is 2.02. The first kappa shape index (κ1) is 16.2. The van der Waals surface area contributed by atoms with Crippen LogP contribution in [-0.4, -0.2) is 19.1 Å². The van der Waals surface area contributed by atoms with Gasteiger partial charge in [-0.1, -0.05) is 30.3 Å². The quantitative estimate of drug-likeness (QED) is 0.522. The van der Waals surface area contributed by atoms with E-state index in [0.717, 1.165) is 26.8 Å². The highest BCUT2D eigenvalue weighted by Gasteiger charge is 2.20. The number of fused-ring (bicyclic) bond motifs is 2. The molecular weight excluding hydrogens is 328 g/mol. The fourth-order valence-electron chi connectivity index (χ4n) is 3.13. The number of rotatable bonds is 2. The molecule has 0 saturated heterocycles. The molecule has 2 aliphatic rings. The van der Waals surface area contributed by atoms with Crippen molar-refractivity contribution in [2.24, 2.45) is 7.05 Å². The van der Waals surface area contributed by atoms with Gasteiger partial charge in [-0.05, 0) is 42.7 Å². The lowest BCUT2D eigenvalue weighted by Crippen LogP contribution is -2.38. The predicted molar refractivity (Wildman–Crippen MR) is 101 cm³/mol. The van der Waals surface area contributed by atoms with Gasteiger partial charge in [-0.15, -0.1) is 0 Å². The fraction of sp³-hybridized carbons (Fsp3) is 0.200. The maximum absolute atomic E-state index is 12.9. The Hall–Kier alpha value is -3.28. The molecule has 0 aliphatic carbocycles. The number of aryl methyl sites for hydroxylation is 3. The number of nitrogens with zero attached hydrogens (tertiary/aromatic N) is 4. The van der Waals surface area contributed by atoms with Crippen LogP contribution in [0, 0.1) is 13.8 Å². The molecule has 26 heavy (non-hydrogen) atoms. The molecular formula is C20H18N4O2. The summed E-state index contributed by atoms with van der Waals surface area (Å²) in [4.78, 5) is 34.1. The van der Waals surface area contributed by atoms with Crippen LogP contribution in [0.1, 0.15) is 16.7 Å². The van der Waals surface area contributed by atoms with Gasteiger partial charge in [0.05, 0.1) is 17.6 Å². The van der Waals surface area contributed by atoms with Gasteiger partial charge >= 0.3 is 5.69 Å². The van der Waals surface area contributed by atoms with Crippen molar-refractivity contribution in [2.45, 2.75) is 20.4 Å². The molecule has 6 heteroatoms. The smallest absolute Gasteiger partial charge is 0.325 e. The van der Waals surface area contributed by atoms with Gasteiger partial charge in [-0.3, -0.25) is 9.36 Å². The molecule has 4 rings (SSSR count). The molecule has 2 aromatic rings. The lowest BCUT2D eigenvalue weighted by molar-refractivity contribution is 0.685. The van der Waals surface area contributed by atoms with Crippen molar-refractivity contribution < 1.29 is 0 Å². The highest BCUT2D eigenvalue weighted by molar-refractivity contribution is 5.80. The van der Waals surface area contributed by atoms with E-state index >= 15 is 0 Å². The second-order valence-corrected chi connectivity index (χ2v) is 6.54. The summed E-state index contributed by atoms with van der Waals surface area (Å²) >= 11 is 0. The molecule has 0 atom stereocenters. The van der Waals surface area contributed by atoms with Crippen LogP contribution in [-0.2, 0) is 13.6 Å². The zero-order chi connectivity index (χ0) is 18.4. The Labute approximate surface area is 149 Å². The van der Waals surface area contributed by atoms with Crippen LogP contribution in [0.15, 0.2) is 52.1 Å². The minimum atomic E-state index is -0.563. The van der Waals surface area contributed by atoms with E-state index in [2.05, 4.69) is 9.97 Å². The normalized spacial score (nSPS) is 11.3. The monoisotopic (exact) mass is 346 g/mol. The van der Waals surface area contributed by atoms with Gasteiger partial charge in [0.15, 0.2) is 11.5 Å². The third kappa shape index (κ3) is 2.50. The van der Waals surface area contributed by atoms with Crippen LogP contribution in [0.4, 0.5) is 0 Å². The van der Waals surface area contributed by atoms with E-state index in [4.69, 9.17) is 0 Å². The third-order valence-electron chi connectivity index (χ3n) is 4.78. The maximum atomic E-state index is 12.9. The van der Waals surface area contributed by atoms with Crippen molar-refractivity contribution in [3.8, 4) is 11.5 Å². The summed E-state index contributed by atoms with van der Waals surface area (Å²) in [6, 6.07) is 13.3. The fourth-order valence-corrected chi connectivity index (χ4v) is 3.13. The lowest BCUT2D eigenvalue weighted by atomic mass is 10.1. The van der Waals surface area contributed by atoms with Crippen molar-refractivity contribution in [3.63, 3.8) is 0 Å². The first-order chi connectivity index (χ1) is 12.5. The minimum Gasteiger partial charge on any atom is -0.325 e. The van der Waals surface area contributed by atoms with Crippen LogP contribution in [0.5, 0.6) is 0 Å². The molecule has 0 bridgehead atoms. The van der Waals surface area contributed by atoms with Gasteiger partial charge in [0.25, 0.3) is 5.56 Å². The molecule has 0 radical (unpaired) electrons. The first-order valence-electron chi connectivity index (χ1n) is 8.38. The molecule has 0 fully saturated rings. The summed E-state index contributed by atoms with van der Waals surface area (Å²) in [6.45, 7) is 4.20. The van der Waals surface area contributed by atoms with Crippen molar-refractivity contribution in [3.05, 3.63) is 80.0 Å². The number of hydrogen-bond acceptors (Lipinski definition) is 4. The average molecular weight is 346 g/mol. The molecule has 2 heterocycles. The largest absolute Gasteiger partial charge is 0.352 e. The lowest BCUT2D eigenvalue weighted by Gasteiger charge is -2.15. The molecule has 0 amide bonds. The van der Waals surface area contributed by atoms with E-state index < -0.39 is 11.2 Å². The molecule has 2 aromatic carbocycles. The summed E-state index contributed by atoms with van der Waals surface area (Å²) in [6.07, 6.45) is 0. The Morgan fingerprint density at radius 1 is 0.962 bits per heavy atom. The van der Waals surface area contributed by atoms with Gasteiger partial charge in [-0.25, -0.2) is 9.78 Å². The topological polar surface area (TPSA) is 69.8 Å². The molecule has 6 nitrogen and oxygen atoms in total. The number of aromatic nitrogens is 4. The van der Waals surface area contributed by atoms with Gasteiger partial charge in [0.2, 0.25) is 0 Å². The standard InChI is InChI=1S/C20H18N4O2/c1-12-9-15-16(10-13(12)2)23(3)18-17(21-15)19(25)24(20(26)22-18)11-14-7-5-4-6-8-14/h4-10H,11H2,1-3H3. The Morgan fingerprint density at radius 3 is 2.38 bits per heavy atom. The Bertz CT molecular complexity index is 1220. The average Bonchev–Trinajstić information content (AvgIpc) is 2.63.